The summed E-state index contributed by atoms with van der Waals surface area (Å²) in [5, 5.41) is 4.05. The summed E-state index contributed by atoms with van der Waals surface area (Å²) in [5.41, 5.74) is 4.46. The van der Waals surface area contributed by atoms with Crippen LogP contribution in [0.1, 0.15) is 23.7 Å². The van der Waals surface area contributed by atoms with Crippen LogP contribution in [-0.4, -0.2) is 17.0 Å². The van der Waals surface area contributed by atoms with Gasteiger partial charge in [-0.1, -0.05) is 30.3 Å². The summed E-state index contributed by atoms with van der Waals surface area (Å²) in [6.45, 7) is 4.86. The third-order valence-corrected chi connectivity index (χ3v) is 4.34. The number of benzene rings is 2. The summed E-state index contributed by atoms with van der Waals surface area (Å²) < 4.78 is 15.7. The van der Waals surface area contributed by atoms with E-state index in [0.29, 0.717) is 13.1 Å². The minimum Gasteiger partial charge on any atom is -0.356 e. The first-order valence-electron chi connectivity index (χ1n) is 8.12. The molecule has 0 radical (unpaired) electrons. The molecule has 0 aliphatic heterocycles. The minimum atomic E-state index is -0.215. The number of hydrogen-bond acceptors (Lipinski definition) is 1. The fourth-order valence-electron chi connectivity index (χ4n) is 3.20. The van der Waals surface area contributed by atoms with Gasteiger partial charge in [0.05, 0.1) is 0 Å². The second-order valence-electron chi connectivity index (χ2n) is 6.03. The first kappa shape index (κ1) is 16.2. The van der Waals surface area contributed by atoms with Gasteiger partial charge in [0.2, 0.25) is 5.91 Å². The largest absolute Gasteiger partial charge is 0.356 e. The lowest BCUT2D eigenvalue weighted by Crippen LogP contribution is -2.22. The monoisotopic (exact) mass is 324 g/mol. The molecular weight excluding hydrogens is 303 g/mol. The molecule has 0 atom stereocenters. The van der Waals surface area contributed by atoms with Crippen LogP contribution in [0.2, 0.25) is 0 Å². The van der Waals surface area contributed by atoms with Crippen molar-refractivity contribution in [3.05, 3.63) is 71.2 Å². The number of amides is 1. The highest BCUT2D eigenvalue weighted by Gasteiger charge is 2.14. The second-order valence-corrected chi connectivity index (χ2v) is 6.03. The maximum Gasteiger partial charge on any atom is 0.216 e. The molecule has 1 aromatic heterocycles. The van der Waals surface area contributed by atoms with Crippen LogP contribution in [0.3, 0.4) is 0 Å². The summed E-state index contributed by atoms with van der Waals surface area (Å²) in [6.07, 6.45) is 0.780. The zero-order valence-corrected chi connectivity index (χ0v) is 14.0. The van der Waals surface area contributed by atoms with Crippen LogP contribution in [0.5, 0.6) is 0 Å². The molecule has 0 aliphatic carbocycles. The van der Waals surface area contributed by atoms with Crippen LogP contribution in [-0.2, 0) is 17.8 Å². The standard InChI is InChI=1S/C20H21FN2O/c1-14-18(10-11-22-15(2)24)19-8-3-4-9-20(19)23(14)13-16-6-5-7-17(21)12-16/h3-9,12H,10-11,13H2,1-2H3,(H,22,24). The number of fused-ring (bicyclic) bond motifs is 1. The third kappa shape index (κ3) is 3.32. The van der Waals surface area contributed by atoms with Crippen LogP contribution >= 0.6 is 0 Å². The molecule has 0 fully saturated rings. The van der Waals surface area contributed by atoms with E-state index in [2.05, 4.69) is 28.9 Å². The molecule has 0 saturated carbocycles. The van der Waals surface area contributed by atoms with Gasteiger partial charge in [-0.3, -0.25) is 4.79 Å². The summed E-state index contributed by atoms with van der Waals surface area (Å²) in [6, 6.07) is 14.9. The lowest BCUT2D eigenvalue weighted by molar-refractivity contribution is -0.118. The minimum absolute atomic E-state index is 0.0175. The number of nitrogens with zero attached hydrogens (tertiary/aromatic N) is 1. The number of hydrogen-bond donors (Lipinski definition) is 1. The molecule has 0 unspecified atom stereocenters. The summed E-state index contributed by atoms with van der Waals surface area (Å²) in [5.74, 6) is -0.233. The highest BCUT2D eigenvalue weighted by molar-refractivity contribution is 5.85. The van der Waals surface area contributed by atoms with E-state index in [0.717, 1.165) is 23.2 Å². The van der Waals surface area contributed by atoms with E-state index >= 15 is 0 Å². The molecule has 0 spiro atoms. The highest BCUT2D eigenvalue weighted by Crippen LogP contribution is 2.27. The van der Waals surface area contributed by atoms with Gasteiger partial charge in [-0.05, 0) is 42.7 Å². The van der Waals surface area contributed by atoms with Crippen molar-refractivity contribution in [1.82, 2.24) is 9.88 Å². The van der Waals surface area contributed by atoms with Crippen molar-refractivity contribution in [3.63, 3.8) is 0 Å². The normalized spacial score (nSPS) is 11.0. The van der Waals surface area contributed by atoms with Crippen LogP contribution in [0, 0.1) is 12.7 Å². The lowest BCUT2D eigenvalue weighted by atomic mass is 10.1. The maximum absolute atomic E-state index is 13.5. The van der Waals surface area contributed by atoms with Crippen LogP contribution < -0.4 is 5.32 Å². The molecule has 3 rings (SSSR count). The molecule has 3 nitrogen and oxygen atoms in total. The average molecular weight is 324 g/mol. The molecule has 1 heterocycles. The molecule has 0 bridgehead atoms. The van der Waals surface area contributed by atoms with Gasteiger partial charge in [0.1, 0.15) is 5.82 Å². The quantitative estimate of drug-likeness (QED) is 0.761. The number of carbonyl (C=O) groups is 1. The zero-order chi connectivity index (χ0) is 17.1. The van der Waals surface area contributed by atoms with Gasteiger partial charge >= 0.3 is 0 Å². The zero-order valence-electron chi connectivity index (χ0n) is 14.0. The summed E-state index contributed by atoms with van der Waals surface area (Å²) in [4.78, 5) is 11.1. The Kier molecular flexibility index (Phi) is 4.65. The Morgan fingerprint density at radius 2 is 1.96 bits per heavy atom. The molecule has 4 heteroatoms. The van der Waals surface area contributed by atoms with Crippen LogP contribution in [0.4, 0.5) is 4.39 Å². The number of aromatic nitrogens is 1. The Bertz CT molecular complexity index is 882. The predicted octanol–water partition coefficient (Wildman–Crippen LogP) is 3.82. The van der Waals surface area contributed by atoms with Gasteiger partial charge in [-0.2, -0.15) is 0 Å². The molecule has 1 amide bonds. The van der Waals surface area contributed by atoms with Crippen molar-refractivity contribution >= 4 is 16.8 Å². The van der Waals surface area contributed by atoms with Gasteiger partial charge in [-0.25, -0.2) is 4.39 Å². The number of halogens is 1. The Morgan fingerprint density at radius 1 is 1.17 bits per heavy atom. The van der Waals surface area contributed by atoms with Crippen molar-refractivity contribution in [1.29, 1.82) is 0 Å². The topological polar surface area (TPSA) is 34.0 Å². The Hall–Kier alpha value is -2.62. The van der Waals surface area contributed by atoms with E-state index < -0.39 is 0 Å². The van der Waals surface area contributed by atoms with Crippen molar-refractivity contribution in [3.8, 4) is 0 Å². The van der Waals surface area contributed by atoms with Crippen molar-refractivity contribution in [2.45, 2.75) is 26.8 Å². The van der Waals surface area contributed by atoms with Crippen LogP contribution in [0.25, 0.3) is 10.9 Å². The van der Waals surface area contributed by atoms with E-state index in [4.69, 9.17) is 0 Å². The Labute approximate surface area is 141 Å². The van der Waals surface area contributed by atoms with Gasteiger partial charge in [0.25, 0.3) is 0 Å². The third-order valence-electron chi connectivity index (χ3n) is 4.34. The van der Waals surface area contributed by atoms with Gasteiger partial charge in [0.15, 0.2) is 0 Å². The molecule has 0 aliphatic rings. The molecule has 3 aromatic rings. The molecule has 124 valence electrons. The van der Waals surface area contributed by atoms with E-state index in [1.165, 1.54) is 23.9 Å². The first-order chi connectivity index (χ1) is 11.6. The summed E-state index contributed by atoms with van der Waals surface area (Å²) >= 11 is 0. The Morgan fingerprint density at radius 3 is 2.71 bits per heavy atom. The Balaban J connectivity index is 1.98. The number of carbonyl (C=O) groups excluding carboxylic acids is 1. The molecule has 24 heavy (non-hydrogen) atoms. The van der Waals surface area contributed by atoms with E-state index in [1.54, 1.807) is 12.1 Å². The van der Waals surface area contributed by atoms with E-state index in [-0.39, 0.29) is 11.7 Å². The molecule has 0 saturated heterocycles. The SMILES string of the molecule is CC(=O)NCCc1c(C)n(Cc2cccc(F)c2)c2ccccc12. The molecular formula is C20H21FN2O. The molecule has 1 N–H and O–H groups in total. The van der Waals surface area contributed by atoms with Gasteiger partial charge in [-0.15, -0.1) is 0 Å². The highest BCUT2D eigenvalue weighted by atomic mass is 19.1. The van der Waals surface area contributed by atoms with Crippen molar-refractivity contribution < 1.29 is 9.18 Å². The second kappa shape index (κ2) is 6.87. The number of nitrogens with one attached hydrogen (secondary N) is 1. The van der Waals surface area contributed by atoms with Crippen molar-refractivity contribution in [2.75, 3.05) is 6.54 Å². The fourth-order valence-corrected chi connectivity index (χ4v) is 3.20. The molecule has 2 aromatic carbocycles. The van der Waals surface area contributed by atoms with Crippen molar-refractivity contribution in [2.24, 2.45) is 0 Å². The number of rotatable bonds is 5. The smallest absolute Gasteiger partial charge is 0.216 e. The lowest BCUT2D eigenvalue weighted by Gasteiger charge is -2.09. The summed E-state index contributed by atoms with van der Waals surface area (Å²) in [7, 11) is 0. The van der Waals surface area contributed by atoms with Gasteiger partial charge in [0, 0.05) is 36.6 Å². The maximum atomic E-state index is 13.5. The van der Waals surface area contributed by atoms with E-state index in [1.807, 2.05) is 18.2 Å². The van der Waals surface area contributed by atoms with Crippen LogP contribution in [0.15, 0.2) is 48.5 Å². The number of para-hydroxylation sites is 1. The average Bonchev–Trinajstić information content (AvgIpc) is 2.81. The van der Waals surface area contributed by atoms with Gasteiger partial charge < -0.3 is 9.88 Å². The predicted molar refractivity (Wildman–Crippen MR) is 94.6 cm³/mol. The first-order valence-corrected chi connectivity index (χ1v) is 8.12. The fraction of sp³-hybridized carbons (Fsp3) is 0.250. The van der Waals surface area contributed by atoms with E-state index in [9.17, 15) is 9.18 Å².